The molecule has 0 radical (unpaired) electrons. The lowest BCUT2D eigenvalue weighted by Crippen LogP contribution is -2.14. The minimum Gasteiger partial charge on any atom is -0.493 e. The number of halogens is 2. The van der Waals surface area contributed by atoms with Gasteiger partial charge in [0.1, 0.15) is 24.1 Å². The summed E-state index contributed by atoms with van der Waals surface area (Å²) in [6.07, 6.45) is 1.30. The molecule has 0 unspecified atom stereocenters. The molecule has 0 saturated heterocycles. The lowest BCUT2D eigenvalue weighted by molar-refractivity contribution is -0.112. The summed E-state index contributed by atoms with van der Waals surface area (Å²) in [4.78, 5) is 12.4. The van der Waals surface area contributed by atoms with Gasteiger partial charge in [-0.15, -0.1) is 0 Å². The first-order valence-corrected chi connectivity index (χ1v) is 10.0. The van der Waals surface area contributed by atoms with Gasteiger partial charge in [0, 0.05) is 5.56 Å². The fourth-order valence-corrected chi connectivity index (χ4v) is 3.21. The van der Waals surface area contributed by atoms with Gasteiger partial charge in [-0.2, -0.15) is 10.5 Å². The van der Waals surface area contributed by atoms with E-state index >= 15 is 0 Å². The van der Waals surface area contributed by atoms with E-state index < -0.39 is 11.7 Å². The van der Waals surface area contributed by atoms with E-state index in [1.54, 1.807) is 42.5 Å². The van der Waals surface area contributed by atoms with Crippen LogP contribution in [0.5, 0.6) is 11.5 Å². The maximum atomic E-state index is 13.8. The predicted octanol–water partition coefficient (Wildman–Crippen LogP) is 5.48. The zero-order valence-electron chi connectivity index (χ0n) is 17.4. The molecule has 6 nitrogen and oxygen atoms in total. The van der Waals surface area contributed by atoms with Gasteiger partial charge in [0.25, 0.3) is 5.91 Å². The lowest BCUT2D eigenvalue weighted by Gasteiger charge is -2.14. The number of carbonyl (C=O) groups excluding carboxylic acids is 1. The summed E-state index contributed by atoms with van der Waals surface area (Å²) in [6.45, 7) is 0.0868. The summed E-state index contributed by atoms with van der Waals surface area (Å²) in [7, 11) is 1.42. The van der Waals surface area contributed by atoms with Crippen LogP contribution in [0.3, 0.4) is 0 Å². The van der Waals surface area contributed by atoms with Crippen molar-refractivity contribution in [2.75, 3.05) is 12.4 Å². The summed E-state index contributed by atoms with van der Waals surface area (Å²) in [5, 5.41) is 21.2. The van der Waals surface area contributed by atoms with Gasteiger partial charge in [-0.1, -0.05) is 41.9 Å². The SMILES string of the molecule is COc1cc(/C=C(/C#N)C(=O)Nc2ccccc2F)cc(Cl)c1OCc1ccccc1C#N. The molecule has 1 amide bonds. The van der Waals surface area contributed by atoms with Crippen molar-refractivity contribution in [2.45, 2.75) is 6.61 Å². The van der Waals surface area contributed by atoms with Crippen LogP contribution >= 0.6 is 11.6 Å². The predicted molar refractivity (Wildman–Crippen MR) is 122 cm³/mol. The number of nitrogens with zero attached hydrogens (tertiary/aromatic N) is 2. The number of hydrogen-bond donors (Lipinski definition) is 1. The van der Waals surface area contributed by atoms with Crippen LogP contribution in [0.4, 0.5) is 10.1 Å². The van der Waals surface area contributed by atoms with E-state index in [0.717, 1.165) is 0 Å². The van der Waals surface area contributed by atoms with Crippen LogP contribution in [0, 0.1) is 28.5 Å². The van der Waals surface area contributed by atoms with Crippen molar-refractivity contribution in [3.05, 3.63) is 93.8 Å². The minimum atomic E-state index is -0.772. The average Bonchev–Trinajstić information content (AvgIpc) is 2.83. The number of para-hydroxylation sites is 1. The van der Waals surface area contributed by atoms with E-state index in [2.05, 4.69) is 11.4 Å². The molecule has 0 bridgehead atoms. The summed E-state index contributed by atoms with van der Waals surface area (Å²) in [5.74, 6) is -0.869. The highest BCUT2D eigenvalue weighted by Gasteiger charge is 2.16. The molecular weight excluding hydrogens is 445 g/mol. The van der Waals surface area contributed by atoms with Gasteiger partial charge in [0.15, 0.2) is 11.5 Å². The van der Waals surface area contributed by atoms with Gasteiger partial charge in [0.05, 0.1) is 29.5 Å². The molecule has 0 aliphatic heterocycles. The Labute approximate surface area is 195 Å². The van der Waals surface area contributed by atoms with Gasteiger partial charge in [-0.25, -0.2) is 4.39 Å². The Balaban J connectivity index is 1.85. The molecule has 0 spiro atoms. The zero-order valence-corrected chi connectivity index (χ0v) is 18.2. The highest BCUT2D eigenvalue weighted by Crippen LogP contribution is 2.37. The molecular formula is C25H17ClFN3O3. The molecule has 0 aliphatic rings. The Hall–Kier alpha value is -4.33. The number of hydrogen-bond acceptors (Lipinski definition) is 5. The van der Waals surface area contributed by atoms with Crippen molar-refractivity contribution in [2.24, 2.45) is 0 Å². The highest BCUT2D eigenvalue weighted by molar-refractivity contribution is 6.32. The average molecular weight is 462 g/mol. The van der Waals surface area contributed by atoms with E-state index in [1.165, 1.54) is 37.5 Å². The van der Waals surface area contributed by atoms with Gasteiger partial charge in [-0.3, -0.25) is 4.79 Å². The van der Waals surface area contributed by atoms with Crippen molar-refractivity contribution in [3.63, 3.8) is 0 Å². The maximum absolute atomic E-state index is 13.8. The van der Waals surface area contributed by atoms with Crippen LogP contribution in [0.1, 0.15) is 16.7 Å². The van der Waals surface area contributed by atoms with Crippen LogP contribution < -0.4 is 14.8 Å². The number of nitriles is 2. The minimum absolute atomic E-state index is 0.0411. The van der Waals surface area contributed by atoms with Crippen LogP contribution in [0.15, 0.2) is 66.2 Å². The van der Waals surface area contributed by atoms with Crippen molar-refractivity contribution in [3.8, 4) is 23.6 Å². The van der Waals surface area contributed by atoms with Crippen LogP contribution in [0.25, 0.3) is 6.08 Å². The second-order valence-corrected chi connectivity index (χ2v) is 7.10. The molecule has 1 N–H and O–H groups in total. The molecule has 0 heterocycles. The number of anilines is 1. The van der Waals surface area contributed by atoms with Crippen LogP contribution in [0.2, 0.25) is 5.02 Å². The molecule has 0 atom stereocenters. The molecule has 0 saturated carbocycles. The molecule has 8 heteroatoms. The van der Waals surface area contributed by atoms with Crippen molar-refractivity contribution in [1.29, 1.82) is 10.5 Å². The monoisotopic (exact) mass is 461 g/mol. The standard InChI is InChI=1S/C25H17ClFN3O3/c1-32-23-12-16(10-19(14-29)25(31)30-22-9-5-4-8-21(22)27)11-20(26)24(23)33-15-18-7-3-2-6-17(18)13-28/h2-12H,15H2,1H3,(H,30,31)/b19-10-. The zero-order chi connectivity index (χ0) is 23.8. The van der Waals surface area contributed by atoms with E-state index in [1.807, 2.05) is 0 Å². The quantitative estimate of drug-likeness (QED) is 0.371. The third-order valence-electron chi connectivity index (χ3n) is 4.56. The Bertz CT molecular complexity index is 1310. The second kappa shape index (κ2) is 10.8. The number of carbonyl (C=O) groups is 1. The molecule has 3 rings (SSSR count). The third kappa shape index (κ3) is 5.68. The topological polar surface area (TPSA) is 95.1 Å². The van der Waals surface area contributed by atoms with Crippen molar-refractivity contribution in [1.82, 2.24) is 0 Å². The Morgan fingerprint density at radius 3 is 2.58 bits per heavy atom. The number of methoxy groups -OCH3 is 1. The molecule has 0 fully saturated rings. The molecule has 3 aromatic carbocycles. The number of ether oxygens (including phenoxy) is 2. The summed E-state index contributed by atoms with van der Waals surface area (Å²) < 4.78 is 25.0. The second-order valence-electron chi connectivity index (χ2n) is 6.70. The number of amides is 1. The van der Waals surface area contributed by atoms with E-state index in [-0.39, 0.29) is 34.4 Å². The van der Waals surface area contributed by atoms with Gasteiger partial charge >= 0.3 is 0 Å². The van der Waals surface area contributed by atoms with Crippen molar-refractivity contribution < 1.29 is 18.7 Å². The fraction of sp³-hybridized carbons (Fsp3) is 0.0800. The first-order chi connectivity index (χ1) is 16.0. The molecule has 3 aromatic rings. The maximum Gasteiger partial charge on any atom is 0.266 e. The molecule has 0 aliphatic carbocycles. The van der Waals surface area contributed by atoms with Crippen molar-refractivity contribution >= 4 is 29.3 Å². The van der Waals surface area contributed by atoms with Crippen LogP contribution in [-0.4, -0.2) is 13.0 Å². The molecule has 164 valence electrons. The highest BCUT2D eigenvalue weighted by atomic mass is 35.5. The number of benzene rings is 3. The van der Waals surface area contributed by atoms with Gasteiger partial charge in [-0.05, 0) is 42.0 Å². The first-order valence-electron chi connectivity index (χ1n) is 9.62. The molecule has 33 heavy (non-hydrogen) atoms. The normalized spacial score (nSPS) is 10.6. The fourth-order valence-electron chi connectivity index (χ4n) is 2.94. The largest absolute Gasteiger partial charge is 0.493 e. The summed E-state index contributed by atoms with van der Waals surface area (Å²) in [5.41, 5.74) is 1.26. The summed E-state index contributed by atoms with van der Waals surface area (Å²) in [6, 6.07) is 19.6. The first kappa shape index (κ1) is 23.3. The summed E-state index contributed by atoms with van der Waals surface area (Å²) >= 11 is 6.38. The number of nitrogens with one attached hydrogen (secondary N) is 1. The Kier molecular flexibility index (Phi) is 7.64. The van der Waals surface area contributed by atoms with E-state index in [0.29, 0.717) is 16.7 Å². The lowest BCUT2D eigenvalue weighted by atomic mass is 10.1. The van der Waals surface area contributed by atoms with Crippen LogP contribution in [-0.2, 0) is 11.4 Å². The number of rotatable bonds is 7. The third-order valence-corrected chi connectivity index (χ3v) is 4.84. The smallest absolute Gasteiger partial charge is 0.266 e. The Morgan fingerprint density at radius 1 is 1.15 bits per heavy atom. The van der Waals surface area contributed by atoms with Gasteiger partial charge < -0.3 is 14.8 Å². The van der Waals surface area contributed by atoms with E-state index in [4.69, 9.17) is 21.1 Å². The Morgan fingerprint density at radius 2 is 1.88 bits per heavy atom. The molecule has 0 aromatic heterocycles. The van der Waals surface area contributed by atoms with E-state index in [9.17, 15) is 19.7 Å². The van der Waals surface area contributed by atoms with Gasteiger partial charge in [0.2, 0.25) is 0 Å².